The zero-order valence-corrected chi connectivity index (χ0v) is 15.4. The van der Waals surface area contributed by atoms with Crippen LogP contribution in [0.3, 0.4) is 0 Å². The van der Waals surface area contributed by atoms with Crippen LogP contribution in [-0.4, -0.2) is 56.8 Å². The predicted molar refractivity (Wildman–Crippen MR) is 101 cm³/mol. The Morgan fingerprint density at radius 2 is 1.54 bits per heavy atom. The summed E-state index contributed by atoms with van der Waals surface area (Å²) in [4.78, 5) is 16.6. The van der Waals surface area contributed by atoms with Crippen LogP contribution in [-0.2, 0) is 15.6 Å². The van der Waals surface area contributed by atoms with Crippen molar-refractivity contribution in [3.05, 3.63) is 59.7 Å². The molecule has 0 atom stereocenters. The number of phenolic OH excluding ortho intramolecular Hbond substituents is 1. The number of carbonyl (C=O) groups is 1. The van der Waals surface area contributed by atoms with E-state index in [1.807, 2.05) is 17.0 Å². The summed E-state index contributed by atoms with van der Waals surface area (Å²) in [5.74, 6) is 0.176. The fourth-order valence-electron chi connectivity index (χ4n) is 3.06. The lowest BCUT2D eigenvalue weighted by Gasteiger charge is -2.36. The third-order valence-electron chi connectivity index (χ3n) is 4.41. The highest BCUT2D eigenvalue weighted by Crippen LogP contribution is 2.20. The molecular formula is C19H22N2O4S. The highest BCUT2D eigenvalue weighted by Gasteiger charge is 2.22. The van der Waals surface area contributed by atoms with Crippen LogP contribution in [0.1, 0.15) is 15.9 Å². The molecule has 1 saturated heterocycles. The topological polar surface area (TPSA) is 77.9 Å². The summed E-state index contributed by atoms with van der Waals surface area (Å²) in [7, 11) is -3.08. The van der Waals surface area contributed by atoms with Crippen molar-refractivity contribution in [3.8, 4) is 5.75 Å². The Morgan fingerprint density at radius 3 is 2.08 bits per heavy atom. The van der Waals surface area contributed by atoms with Gasteiger partial charge in [0.25, 0.3) is 5.91 Å². The van der Waals surface area contributed by atoms with E-state index in [2.05, 4.69) is 4.90 Å². The van der Waals surface area contributed by atoms with Gasteiger partial charge in [-0.15, -0.1) is 0 Å². The standard InChI is InChI=1S/C19H22N2O4S/c1-26(24,25)14-15-2-4-16(5-3-15)19(23)21-12-10-20(11-13-21)17-6-8-18(22)9-7-17/h2-9,22H,10-14H2,1H3. The average molecular weight is 374 g/mol. The SMILES string of the molecule is CS(=O)(=O)Cc1ccc(C(=O)N2CCN(c3ccc(O)cc3)CC2)cc1. The molecular weight excluding hydrogens is 352 g/mol. The second kappa shape index (κ2) is 7.37. The molecule has 2 aromatic rings. The number of sulfone groups is 1. The quantitative estimate of drug-likeness (QED) is 0.884. The number of aromatic hydroxyl groups is 1. The van der Waals surface area contributed by atoms with Crippen molar-refractivity contribution >= 4 is 21.4 Å². The van der Waals surface area contributed by atoms with E-state index in [0.717, 1.165) is 18.8 Å². The molecule has 6 nitrogen and oxygen atoms in total. The van der Waals surface area contributed by atoms with Gasteiger partial charge in [0.1, 0.15) is 5.75 Å². The third kappa shape index (κ3) is 4.54. The maximum Gasteiger partial charge on any atom is 0.253 e. The minimum absolute atomic E-state index is 0.0211. The van der Waals surface area contributed by atoms with E-state index < -0.39 is 9.84 Å². The first kappa shape index (κ1) is 18.3. The van der Waals surface area contributed by atoms with Crippen LogP contribution in [0.25, 0.3) is 0 Å². The molecule has 0 unspecified atom stereocenters. The predicted octanol–water partition coefficient (Wildman–Crippen LogP) is 1.90. The summed E-state index contributed by atoms with van der Waals surface area (Å²) < 4.78 is 22.7. The first-order chi connectivity index (χ1) is 12.3. The molecule has 138 valence electrons. The lowest BCUT2D eigenvalue weighted by molar-refractivity contribution is 0.0747. The molecule has 1 amide bonds. The second-order valence-corrected chi connectivity index (χ2v) is 8.70. The Kier molecular flexibility index (Phi) is 5.18. The van der Waals surface area contributed by atoms with Crippen LogP contribution < -0.4 is 4.90 Å². The number of phenols is 1. The number of carbonyl (C=O) groups excluding carboxylic acids is 1. The average Bonchev–Trinajstić information content (AvgIpc) is 2.61. The van der Waals surface area contributed by atoms with Gasteiger partial charge in [0.05, 0.1) is 5.75 Å². The lowest BCUT2D eigenvalue weighted by Crippen LogP contribution is -2.48. The minimum Gasteiger partial charge on any atom is -0.508 e. The van der Waals surface area contributed by atoms with Gasteiger partial charge in [-0.25, -0.2) is 8.42 Å². The molecule has 2 aromatic carbocycles. The monoisotopic (exact) mass is 374 g/mol. The normalized spacial score (nSPS) is 15.1. The third-order valence-corrected chi connectivity index (χ3v) is 5.27. The summed E-state index contributed by atoms with van der Waals surface area (Å²) in [6.07, 6.45) is 1.19. The fourth-order valence-corrected chi connectivity index (χ4v) is 3.86. The van der Waals surface area contributed by atoms with Gasteiger partial charge < -0.3 is 14.9 Å². The summed E-state index contributed by atoms with van der Waals surface area (Å²) >= 11 is 0. The summed E-state index contributed by atoms with van der Waals surface area (Å²) in [6.45, 7) is 2.68. The van der Waals surface area contributed by atoms with E-state index in [1.54, 1.807) is 36.4 Å². The Bertz CT molecular complexity index is 869. The maximum atomic E-state index is 12.6. The first-order valence-electron chi connectivity index (χ1n) is 8.42. The van der Waals surface area contributed by atoms with Gasteiger partial charge in [0.15, 0.2) is 9.84 Å². The molecule has 0 saturated carbocycles. The zero-order valence-electron chi connectivity index (χ0n) is 14.6. The van der Waals surface area contributed by atoms with Crippen LogP contribution in [0.5, 0.6) is 5.75 Å². The highest BCUT2D eigenvalue weighted by molar-refractivity contribution is 7.89. The van der Waals surface area contributed by atoms with Gasteiger partial charge in [-0.1, -0.05) is 12.1 Å². The van der Waals surface area contributed by atoms with E-state index in [0.29, 0.717) is 24.2 Å². The number of rotatable bonds is 4. The molecule has 0 aromatic heterocycles. The van der Waals surface area contributed by atoms with E-state index in [1.165, 1.54) is 6.26 Å². The zero-order chi connectivity index (χ0) is 18.7. The van der Waals surface area contributed by atoms with E-state index in [4.69, 9.17) is 0 Å². The van der Waals surface area contributed by atoms with Gasteiger partial charge in [-0.3, -0.25) is 4.79 Å². The number of anilines is 1. The molecule has 3 rings (SSSR count). The minimum atomic E-state index is -3.08. The molecule has 7 heteroatoms. The molecule has 1 N–H and O–H groups in total. The molecule has 1 heterocycles. The number of hydrogen-bond donors (Lipinski definition) is 1. The van der Waals surface area contributed by atoms with Crippen molar-refractivity contribution in [2.45, 2.75) is 5.75 Å². The molecule has 1 aliphatic heterocycles. The molecule has 0 radical (unpaired) electrons. The Hall–Kier alpha value is -2.54. The van der Waals surface area contributed by atoms with Crippen molar-refractivity contribution < 1.29 is 18.3 Å². The number of nitrogens with zero attached hydrogens (tertiary/aromatic N) is 2. The maximum absolute atomic E-state index is 12.6. The summed E-state index contributed by atoms with van der Waals surface area (Å²) in [5.41, 5.74) is 2.28. The van der Waals surface area contributed by atoms with Gasteiger partial charge in [-0.05, 0) is 42.0 Å². The van der Waals surface area contributed by atoms with Gasteiger partial charge in [-0.2, -0.15) is 0 Å². The Morgan fingerprint density at radius 1 is 0.962 bits per heavy atom. The molecule has 0 bridgehead atoms. The smallest absolute Gasteiger partial charge is 0.253 e. The van der Waals surface area contributed by atoms with Crippen molar-refractivity contribution in [2.24, 2.45) is 0 Å². The lowest BCUT2D eigenvalue weighted by atomic mass is 10.1. The molecule has 26 heavy (non-hydrogen) atoms. The summed E-state index contributed by atoms with van der Waals surface area (Å²) in [6, 6.07) is 13.8. The Balaban J connectivity index is 1.60. The first-order valence-corrected chi connectivity index (χ1v) is 10.5. The molecule has 1 aliphatic rings. The van der Waals surface area contributed by atoms with Crippen molar-refractivity contribution in [1.82, 2.24) is 4.90 Å². The number of benzene rings is 2. The number of hydrogen-bond acceptors (Lipinski definition) is 5. The molecule has 0 spiro atoms. The Labute approximate surface area is 153 Å². The molecule has 0 aliphatic carbocycles. The van der Waals surface area contributed by atoms with Crippen molar-refractivity contribution in [3.63, 3.8) is 0 Å². The van der Waals surface area contributed by atoms with E-state index >= 15 is 0 Å². The van der Waals surface area contributed by atoms with Crippen LogP contribution in [0.4, 0.5) is 5.69 Å². The van der Waals surface area contributed by atoms with Crippen LogP contribution in [0, 0.1) is 0 Å². The second-order valence-electron chi connectivity index (χ2n) is 6.56. The highest BCUT2D eigenvalue weighted by atomic mass is 32.2. The summed E-state index contributed by atoms with van der Waals surface area (Å²) in [5, 5.41) is 9.37. The van der Waals surface area contributed by atoms with Crippen LogP contribution >= 0.6 is 0 Å². The van der Waals surface area contributed by atoms with Gasteiger partial charge in [0.2, 0.25) is 0 Å². The van der Waals surface area contributed by atoms with E-state index in [9.17, 15) is 18.3 Å². The largest absolute Gasteiger partial charge is 0.508 e. The van der Waals surface area contributed by atoms with Gasteiger partial charge in [0, 0.05) is 43.7 Å². The van der Waals surface area contributed by atoms with Crippen molar-refractivity contribution in [2.75, 3.05) is 37.3 Å². The number of piperazine rings is 1. The van der Waals surface area contributed by atoms with Crippen LogP contribution in [0.15, 0.2) is 48.5 Å². The van der Waals surface area contributed by atoms with Crippen molar-refractivity contribution in [1.29, 1.82) is 0 Å². The fraction of sp³-hybridized carbons (Fsp3) is 0.316. The molecule has 1 fully saturated rings. The number of amides is 1. The van der Waals surface area contributed by atoms with Gasteiger partial charge >= 0.3 is 0 Å². The van der Waals surface area contributed by atoms with Crippen LogP contribution in [0.2, 0.25) is 0 Å². The van der Waals surface area contributed by atoms with E-state index in [-0.39, 0.29) is 17.4 Å².